The number of aliphatic carboxylic acids is 1. The van der Waals surface area contributed by atoms with Gasteiger partial charge in [-0.1, -0.05) is 29.4 Å². The maximum Gasteiger partial charge on any atom is 0.321 e. The number of carboxylic acids is 1. The van der Waals surface area contributed by atoms with Crippen LogP contribution in [0.2, 0.25) is 0 Å². The molecule has 7 heteroatoms. The number of likely N-dealkylation sites (N-methyl/N-ethyl adjacent to an activating group) is 1. The van der Waals surface area contributed by atoms with Crippen molar-refractivity contribution in [1.82, 2.24) is 15.5 Å². The first-order chi connectivity index (χ1) is 13.5. The van der Waals surface area contributed by atoms with Gasteiger partial charge in [-0.05, 0) is 57.1 Å². The predicted octanol–water partition coefficient (Wildman–Crippen LogP) is 3.44. The fourth-order valence-corrected chi connectivity index (χ4v) is 2.84. The first kappa shape index (κ1) is 19.6. The molecule has 0 aliphatic rings. The van der Waals surface area contributed by atoms with E-state index in [2.05, 4.69) is 34.6 Å². The maximum absolute atomic E-state index is 11.1. The molecule has 28 heavy (non-hydrogen) atoms. The van der Waals surface area contributed by atoms with Gasteiger partial charge in [-0.15, -0.1) is 0 Å². The van der Waals surface area contributed by atoms with Crippen molar-refractivity contribution in [3.8, 4) is 22.8 Å². The Hall–Kier alpha value is -3.19. The summed E-state index contributed by atoms with van der Waals surface area (Å²) >= 11 is 0. The minimum Gasteiger partial charge on any atom is -0.480 e. The summed E-state index contributed by atoms with van der Waals surface area (Å²) in [6.07, 6.45) is 0.403. The van der Waals surface area contributed by atoms with E-state index in [1.54, 1.807) is 7.05 Å². The van der Waals surface area contributed by atoms with E-state index in [1.807, 2.05) is 48.5 Å². The number of aromatic nitrogens is 2. The summed E-state index contributed by atoms with van der Waals surface area (Å²) in [5, 5.41) is 19.3. The summed E-state index contributed by atoms with van der Waals surface area (Å²) in [5.41, 5.74) is 3.62. The summed E-state index contributed by atoms with van der Waals surface area (Å²) in [6, 6.07) is 15.1. The SMILES string of the molecule is CNC(Cc1ccc(-c2noc(-c3ccc(NC(C)C)cc3)n2)cc1)C(=O)O. The van der Waals surface area contributed by atoms with Crippen LogP contribution in [0.15, 0.2) is 53.1 Å². The van der Waals surface area contributed by atoms with Crippen LogP contribution in [-0.2, 0) is 11.2 Å². The van der Waals surface area contributed by atoms with Gasteiger partial charge in [0.2, 0.25) is 5.82 Å². The number of rotatable bonds is 8. The lowest BCUT2D eigenvalue weighted by atomic mass is 10.0. The van der Waals surface area contributed by atoms with Crippen molar-refractivity contribution in [2.24, 2.45) is 0 Å². The van der Waals surface area contributed by atoms with Gasteiger partial charge in [0, 0.05) is 22.9 Å². The number of anilines is 1. The molecule has 1 heterocycles. The van der Waals surface area contributed by atoms with E-state index < -0.39 is 12.0 Å². The zero-order chi connectivity index (χ0) is 20.1. The molecule has 0 aliphatic carbocycles. The zero-order valence-electron chi connectivity index (χ0n) is 16.1. The summed E-state index contributed by atoms with van der Waals surface area (Å²) in [7, 11) is 1.64. The van der Waals surface area contributed by atoms with E-state index in [-0.39, 0.29) is 0 Å². The second kappa shape index (κ2) is 8.67. The first-order valence-electron chi connectivity index (χ1n) is 9.16. The van der Waals surface area contributed by atoms with Crippen molar-refractivity contribution in [2.45, 2.75) is 32.4 Å². The number of hydrogen-bond acceptors (Lipinski definition) is 6. The monoisotopic (exact) mass is 380 g/mol. The van der Waals surface area contributed by atoms with Gasteiger partial charge in [-0.2, -0.15) is 4.98 Å². The van der Waals surface area contributed by atoms with E-state index in [1.165, 1.54) is 0 Å². The highest BCUT2D eigenvalue weighted by Crippen LogP contribution is 2.24. The van der Waals surface area contributed by atoms with Gasteiger partial charge in [0.1, 0.15) is 6.04 Å². The Kier molecular flexibility index (Phi) is 6.06. The van der Waals surface area contributed by atoms with Crippen LogP contribution < -0.4 is 10.6 Å². The Morgan fingerprint density at radius 3 is 2.29 bits per heavy atom. The molecule has 0 spiro atoms. The van der Waals surface area contributed by atoms with Crippen LogP contribution in [0.1, 0.15) is 19.4 Å². The standard InChI is InChI=1S/C21H24N4O3/c1-13(2)23-17-10-8-16(9-11-17)20-24-19(25-28-20)15-6-4-14(5-7-15)12-18(22-3)21(26)27/h4-11,13,18,22-23H,12H2,1-3H3,(H,26,27). The molecule has 0 saturated carbocycles. The summed E-state index contributed by atoms with van der Waals surface area (Å²) in [6.45, 7) is 4.17. The number of benzene rings is 2. The molecule has 146 valence electrons. The molecule has 0 aliphatic heterocycles. The van der Waals surface area contributed by atoms with Crippen LogP contribution >= 0.6 is 0 Å². The summed E-state index contributed by atoms with van der Waals surface area (Å²) in [4.78, 5) is 15.6. The Morgan fingerprint density at radius 1 is 1.07 bits per heavy atom. The molecule has 2 aromatic carbocycles. The molecule has 0 amide bonds. The van der Waals surface area contributed by atoms with Crippen LogP contribution in [0.25, 0.3) is 22.8 Å². The number of nitrogens with one attached hydrogen (secondary N) is 2. The highest BCUT2D eigenvalue weighted by molar-refractivity contribution is 5.74. The Balaban J connectivity index is 1.72. The van der Waals surface area contributed by atoms with Gasteiger partial charge in [0.05, 0.1) is 0 Å². The average Bonchev–Trinajstić information content (AvgIpc) is 3.16. The van der Waals surface area contributed by atoms with Crippen molar-refractivity contribution < 1.29 is 14.4 Å². The van der Waals surface area contributed by atoms with Crippen LogP contribution in [0.3, 0.4) is 0 Å². The van der Waals surface area contributed by atoms with Crippen molar-refractivity contribution in [1.29, 1.82) is 0 Å². The second-order valence-corrected chi connectivity index (χ2v) is 6.88. The molecule has 0 radical (unpaired) electrons. The quantitative estimate of drug-likeness (QED) is 0.550. The van der Waals surface area contributed by atoms with Gasteiger partial charge in [0.15, 0.2) is 0 Å². The first-order valence-corrected chi connectivity index (χ1v) is 9.16. The van der Waals surface area contributed by atoms with Crippen LogP contribution in [0.4, 0.5) is 5.69 Å². The summed E-state index contributed by atoms with van der Waals surface area (Å²) < 4.78 is 5.40. The highest BCUT2D eigenvalue weighted by Gasteiger charge is 2.16. The molecule has 7 nitrogen and oxygen atoms in total. The predicted molar refractivity (Wildman–Crippen MR) is 108 cm³/mol. The van der Waals surface area contributed by atoms with E-state index in [9.17, 15) is 4.79 Å². The molecule has 1 atom stereocenters. The molecule has 1 unspecified atom stereocenters. The molecule has 0 fully saturated rings. The topological polar surface area (TPSA) is 100 Å². The fraction of sp³-hybridized carbons (Fsp3) is 0.286. The minimum atomic E-state index is -0.871. The van der Waals surface area contributed by atoms with Crippen molar-refractivity contribution >= 4 is 11.7 Å². The number of hydrogen-bond donors (Lipinski definition) is 3. The minimum absolute atomic E-state index is 0.364. The zero-order valence-corrected chi connectivity index (χ0v) is 16.1. The smallest absolute Gasteiger partial charge is 0.321 e. The van der Waals surface area contributed by atoms with E-state index >= 15 is 0 Å². The lowest BCUT2D eigenvalue weighted by Crippen LogP contribution is -2.35. The Labute approximate surface area is 163 Å². The van der Waals surface area contributed by atoms with Gasteiger partial charge in [-0.25, -0.2) is 0 Å². The van der Waals surface area contributed by atoms with Gasteiger partial charge in [0.25, 0.3) is 5.89 Å². The largest absolute Gasteiger partial charge is 0.480 e. The fourth-order valence-electron chi connectivity index (χ4n) is 2.84. The molecule has 0 saturated heterocycles. The van der Waals surface area contributed by atoms with Gasteiger partial charge in [-0.3, -0.25) is 4.79 Å². The second-order valence-electron chi connectivity index (χ2n) is 6.88. The van der Waals surface area contributed by atoms with Crippen LogP contribution in [-0.4, -0.2) is 40.3 Å². The van der Waals surface area contributed by atoms with Gasteiger partial charge >= 0.3 is 5.97 Å². The van der Waals surface area contributed by atoms with E-state index in [0.717, 1.165) is 22.4 Å². The lowest BCUT2D eigenvalue weighted by Gasteiger charge is -2.10. The van der Waals surface area contributed by atoms with Crippen molar-refractivity contribution in [3.63, 3.8) is 0 Å². The third-order valence-electron chi connectivity index (χ3n) is 4.31. The average molecular weight is 380 g/mol. The molecule has 3 rings (SSSR count). The Morgan fingerprint density at radius 2 is 1.71 bits per heavy atom. The van der Waals surface area contributed by atoms with E-state index in [0.29, 0.717) is 24.2 Å². The number of nitrogens with zero attached hydrogens (tertiary/aromatic N) is 2. The lowest BCUT2D eigenvalue weighted by molar-refractivity contribution is -0.139. The van der Waals surface area contributed by atoms with Crippen molar-refractivity contribution in [3.05, 3.63) is 54.1 Å². The molecular weight excluding hydrogens is 356 g/mol. The summed E-state index contributed by atoms with van der Waals surface area (Å²) in [5.74, 6) is 0.0784. The van der Waals surface area contributed by atoms with E-state index in [4.69, 9.17) is 9.63 Å². The maximum atomic E-state index is 11.1. The Bertz CT molecular complexity index is 918. The van der Waals surface area contributed by atoms with Gasteiger partial charge < -0.3 is 20.3 Å². The number of carbonyl (C=O) groups is 1. The molecule has 1 aromatic heterocycles. The third-order valence-corrected chi connectivity index (χ3v) is 4.31. The van der Waals surface area contributed by atoms with Crippen LogP contribution in [0, 0.1) is 0 Å². The normalized spacial score (nSPS) is 12.1. The molecule has 3 aromatic rings. The third kappa shape index (κ3) is 4.75. The highest BCUT2D eigenvalue weighted by atomic mass is 16.5. The van der Waals surface area contributed by atoms with Crippen LogP contribution in [0.5, 0.6) is 0 Å². The molecule has 0 bridgehead atoms. The van der Waals surface area contributed by atoms with Crippen molar-refractivity contribution in [2.75, 3.05) is 12.4 Å². The molecular formula is C21H24N4O3. The number of carboxylic acid groups (broad SMARTS) is 1. The molecule has 3 N–H and O–H groups in total.